The molecule has 2 aromatic carbocycles. The summed E-state index contributed by atoms with van der Waals surface area (Å²) >= 11 is 0. The van der Waals surface area contributed by atoms with Gasteiger partial charge in [-0.05, 0) is 48.2 Å². The quantitative estimate of drug-likeness (QED) is 0.460. The van der Waals surface area contributed by atoms with Crippen molar-refractivity contribution in [3.05, 3.63) is 66.2 Å². The second-order valence-corrected chi connectivity index (χ2v) is 5.49. The average Bonchev–Trinajstić information content (AvgIpc) is 2.61. The molecule has 2 nitrogen and oxygen atoms in total. The van der Waals surface area contributed by atoms with E-state index < -0.39 is 0 Å². The van der Waals surface area contributed by atoms with Gasteiger partial charge in [-0.15, -0.1) is 0 Å². The smallest absolute Gasteiger partial charge is 0.119 e. The molecule has 0 amide bonds. The molecule has 0 aromatic heterocycles. The normalized spacial score (nSPS) is 10.6. The number of allylic oxidation sites excluding steroid dienone is 1. The van der Waals surface area contributed by atoms with Crippen molar-refractivity contribution in [2.24, 2.45) is 0 Å². The van der Waals surface area contributed by atoms with Crippen molar-refractivity contribution >= 4 is 0 Å². The highest BCUT2D eigenvalue weighted by Crippen LogP contribution is 2.22. The van der Waals surface area contributed by atoms with E-state index in [1.54, 1.807) is 0 Å². The van der Waals surface area contributed by atoms with Crippen LogP contribution in [0.15, 0.2) is 60.7 Å². The van der Waals surface area contributed by atoms with E-state index in [9.17, 15) is 0 Å². The van der Waals surface area contributed by atoms with Gasteiger partial charge in [0.1, 0.15) is 12.4 Å². The van der Waals surface area contributed by atoms with Crippen molar-refractivity contribution in [3.8, 4) is 22.9 Å². The lowest BCUT2D eigenvalue weighted by atomic mass is 10.0. The van der Waals surface area contributed by atoms with E-state index >= 15 is 0 Å². The topological polar surface area (TPSA) is 33.0 Å². The van der Waals surface area contributed by atoms with E-state index in [1.807, 2.05) is 48.5 Å². The molecule has 2 aromatic rings. The largest absolute Gasteiger partial charge is 0.490 e. The zero-order valence-electron chi connectivity index (χ0n) is 13.7. The van der Waals surface area contributed by atoms with Crippen LogP contribution < -0.4 is 4.74 Å². The van der Waals surface area contributed by atoms with Gasteiger partial charge in [-0.3, -0.25) is 0 Å². The van der Waals surface area contributed by atoms with Gasteiger partial charge in [-0.25, -0.2) is 0 Å². The van der Waals surface area contributed by atoms with E-state index in [0.29, 0.717) is 12.2 Å². The standard InChI is InChI=1S/C21H23NO/c1-2-3-4-5-6-7-16-23-21-14-12-20(13-15-21)19-10-8-18(17-22)9-11-19/h6-15H,2-5,16H2,1H3. The summed E-state index contributed by atoms with van der Waals surface area (Å²) in [6, 6.07) is 17.8. The number of nitriles is 1. The average molecular weight is 305 g/mol. The van der Waals surface area contributed by atoms with Crippen LogP contribution in [-0.2, 0) is 0 Å². The van der Waals surface area contributed by atoms with E-state index in [-0.39, 0.29) is 0 Å². The molecule has 0 bridgehead atoms. The predicted octanol–water partition coefficient (Wildman–Crippen LogP) is 5.74. The molecule has 2 rings (SSSR count). The van der Waals surface area contributed by atoms with Crippen LogP contribution in [0.2, 0.25) is 0 Å². The highest BCUT2D eigenvalue weighted by atomic mass is 16.5. The number of ether oxygens (including phenoxy) is 1. The lowest BCUT2D eigenvalue weighted by Crippen LogP contribution is -1.93. The molecule has 118 valence electrons. The van der Waals surface area contributed by atoms with Crippen LogP contribution in [0.25, 0.3) is 11.1 Å². The van der Waals surface area contributed by atoms with Crippen molar-refractivity contribution in [3.63, 3.8) is 0 Å². The van der Waals surface area contributed by atoms with Gasteiger partial charge in [0.25, 0.3) is 0 Å². The third-order valence-electron chi connectivity index (χ3n) is 3.69. The molecule has 23 heavy (non-hydrogen) atoms. The first-order valence-corrected chi connectivity index (χ1v) is 8.22. The lowest BCUT2D eigenvalue weighted by molar-refractivity contribution is 0.362. The predicted molar refractivity (Wildman–Crippen MR) is 95.4 cm³/mol. The summed E-state index contributed by atoms with van der Waals surface area (Å²) in [7, 11) is 0. The third-order valence-corrected chi connectivity index (χ3v) is 3.69. The van der Waals surface area contributed by atoms with Gasteiger partial charge in [-0.1, -0.05) is 56.2 Å². The SMILES string of the molecule is CCCCCC=CCOc1ccc(-c2ccc(C#N)cc2)cc1. The molecule has 0 aliphatic carbocycles. The Hall–Kier alpha value is -2.53. The highest BCUT2D eigenvalue weighted by molar-refractivity contribution is 5.64. The van der Waals surface area contributed by atoms with Crippen LogP contribution in [-0.4, -0.2) is 6.61 Å². The minimum atomic E-state index is 0.613. The van der Waals surface area contributed by atoms with Crippen molar-refractivity contribution < 1.29 is 4.74 Å². The van der Waals surface area contributed by atoms with E-state index in [2.05, 4.69) is 25.1 Å². The maximum atomic E-state index is 8.83. The van der Waals surface area contributed by atoms with E-state index in [1.165, 1.54) is 19.3 Å². The molecule has 0 fully saturated rings. The Morgan fingerprint density at radius 2 is 1.57 bits per heavy atom. The highest BCUT2D eigenvalue weighted by Gasteiger charge is 1.99. The summed E-state index contributed by atoms with van der Waals surface area (Å²) in [5.41, 5.74) is 2.91. The number of benzene rings is 2. The first kappa shape index (κ1) is 16.8. The number of unbranched alkanes of at least 4 members (excludes halogenated alkanes) is 3. The molecular weight excluding hydrogens is 282 g/mol. The number of nitrogens with zero attached hydrogens (tertiary/aromatic N) is 1. The van der Waals surface area contributed by atoms with Crippen LogP contribution in [0, 0.1) is 11.3 Å². The number of hydrogen-bond donors (Lipinski definition) is 0. The number of hydrogen-bond acceptors (Lipinski definition) is 2. The summed E-state index contributed by atoms with van der Waals surface area (Å²) < 4.78 is 5.71. The van der Waals surface area contributed by atoms with E-state index in [4.69, 9.17) is 10.00 Å². The Labute approximate surface area is 139 Å². The molecule has 0 saturated heterocycles. The summed E-state index contributed by atoms with van der Waals surface area (Å²) in [6.45, 7) is 2.83. The van der Waals surface area contributed by atoms with Gasteiger partial charge in [-0.2, -0.15) is 5.26 Å². The molecule has 0 saturated carbocycles. The molecule has 0 aliphatic rings. The van der Waals surface area contributed by atoms with Crippen LogP contribution in [0.4, 0.5) is 0 Å². The summed E-state index contributed by atoms with van der Waals surface area (Å²) in [5.74, 6) is 0.876. The molecule has 0 radical (unpaired) electrons. The molecule has 0 spiro atoms. The van der Waals surface area contributed by atoms with Crippen molar-refractivity contribution in [1.29, 1.82) is 5.26 Å². The second-order valence-electron chi connectivity index (χ2n) is 5.49. The van der Waals surface area contributed by atoms with Crippen molar-refractivity contribution in [1.82, 2.24) is 0 Å². The summed E-state index contributed by atoms with van der Waals surface area (Å²) in [5, 5.41) is 8.83. The second kappa shape index (κ2) is 9.48. The van der Waals surface area contributed by atoms with Crippen molar-refractivity contribution in [2.75, 3.05) is 6.61 Å². The molecule has 0 unspecified atom stereocenters. The van der Waals surface area contributed by atoms with Crippen LogP contribution >= 0.6 is 0 Å². The fourth-order valence-electron chi connectivity index (χ4n) is 2.32. The fourth-order valence-corrected chi connectivity index (χ4v) is 2.32. The first-order chi connectivity index (χ1) is 11.3. The van der Waals surface area contributed by atoms with Crippen LogP contribution in [0.5, 0.6) is 5.75 Å². The first-order valence-electron chi connectivity index (χ1n) is 8.22. The zero-order valence-corrected chi connectivity index (χ0v) is 13.7. The van der Waals surface area contributed by atoms with Crippen LogP contribution in [0.1, 0.15) is 38.2 Å². The Morgan fingerprint density at radius 3 is 2.17 bits per heavy atom. The summed E-state index contributed by atoms with van der Waals surface area (Å²) in [6.07, 6.45) is 9.23. The molecule has 0 N–H and O–H groups in total. The Morgan fingerprint density at radius 1 is 0.913 bits per heavy atom. The minimum absolute atomic E-state index is 0.613. The van der Waals surface area contributed by atoms with Gasteiger partial charge in [0, 0.05) is 0 Å². The summed E-state index contributed by atoms with van der Waals surface area (Å²) in [4.78, 5) is 0. The Bertz CT molecular complexity index is 648. The Balaban J connectivity index is 1.83. The maximum absolute atomic E-state index is 8.83. The Kier molecular flexibility index (Phi) is 6.94. The van der Waals surface area contributed by atoms with E-state index in [0.717, 1.165) is 23.3 Å². The molecule has 0 aliphatic heterocycles. The van der Waals surface area contributed by atoms with Gasteiger partial charge in [0.05, 0.1) is 11.6 Å². The molecule has 0 atom stereocenters. The maximum Gasteiger partial charge on any atom is 0.119 e. The minimum Gasteiger partial charge on any atom is -0.490 e. The fraction of sp³-hybridized carbons (Fsp3) is 0.286. The molecular formula is C21H23NO. The van der Waals surface area contributed by atoms with Gasteiger partial charge in [0.2, 0.25) is 0 Å². The van der Waals surface area contributed by atoms with Gasteiger partial charge >= 0.3 is 0 Å². The zero-order chi connectivity index (χ0) is 16.3. The van der Waals surface area contributed by atoms with Gasteiger partial charge in [0.15, 0.2) is 0 Å². The van der Waals surface area contributed by atoms with Gasteiger partial charge < -0.3 is 4.74 Å². The van der Waals surface area contributed by atoms with Crippen LogP contribution in [0.3, 0.4) is 0 Å². The molecule has 2 heteroatoms. The molecule has 0 heterocycles. The monoisotopic (exact) mass is 305 g/mol. The third kappa shape index (κ3) is 5.64. The lowest BCUT2D eigenvalue weighted by Gasteiger charge is -2.05. The number of rotatable bonds is 8. The van der Waals surface area contributed by atoms with Crippen molar-refractivity contribution in [2.45, 2.75) is 32.6 Å².